The zero-order valence-electron chi connectivity index (χ0n) is 12.5. The van der Waals surface area contributed by atoms with Crippen molar-refractivity contribution >= 4 is 17.5 Å². The molecule has 0 saturated heterocycles. The summed E-state index contributed by atoms with van der Waals surface area (Å²) in [5.41, 5.74) is 1.12. The molecule has 1 rings (SSSR count). The van der Waals surface area contributed by atoms with Crippen molar-refractivity contribution in [1.29, 1.82) is 0 Å². The SMILES string of the molecule is COCCOCCCNC(=O)c1cccc(NC(C)=O)c1. The normalized spacial score (nSPS) is 10.2. The molecular weight excluding hydrogens is 272 g/mol. The van der Waals surface area contributed by atoms with Crippen molar-refractivity contribution < 1.29 is 19.1 Å². The highest BCUT2D eigenvalue weighted by Crippen LogP contribution is 2.10. The van der Waals surface area contributed by atoms with Gasteiger partial charge in [0.2, 0.25) is 5.91 Å². The Labute approximate surface area is 124 Å². The van der Waals surface area contributed by atoms with E-state index in [2.05, 4.69) is 10.6 Å². The minimum absolute atomic E-state index is 0.166. The van der Waals surface area contributed by atoms with Crippen molar-refractivity contribution in [3.8, 4) is 0 Å². The molecule has 6 nitrogen and oxygen atoms in total. The molecule has 0 radical (unpaired) electrons. The van der Waals surface area contributed by atoms with Crippen LogP contribution < -0.4 is 10.6 Å². The second kappa shape index (κ2) is 9.90. The smallest absolute Gasteiger partial charge is 0.251 e. The Morgan fingerprint density at radius 2 is 2.00 bits per heavy atom. The Balaban J connectivity index is 2.30. The van der Waals surface area contributed by atoms with Crippen molar-refractivity contribution in [2.75, 3.05) is 38.8 Å². The monoisotopic (exact) mass is 294 g/mol. The Morgan fingerprint density at radius 3 is 2.71 bits per heavy atom. The quantitative estimate of drug-likeness (QED) is 0.675. The number of hydrogen-bond donors (Lipinski definition) is 2. The minimum Gasteiger partial charge on any atom is -0.382 e. The molecule has 1 aromatic rings. The Bertz CT molecular complexity index is 463. The molecule has 0 spiro atoms. The highest BCUT2D eigenvalue weighted by molar-refractivity contribution is 5.96. The van der Waals surface area contributed by atoms with E-state index >= 15 is 0 Å². The van der Waals surface area contributed by atoms with Gasteiger partial charge in [0, 0.05) is 38.4 Å². The van der Waals surface area contributed by atoms with Gasteiger partial charge >= 0.3 is 0 Å². The fourth-order valence-electron chi connectivity index (χ4n) is 1.66. The summed E-state index contributed by atoms with van der Waals surface area (Å²) >= 11 is 0. The number of nitrogens with one attached hydrogen (secondary N) is 2. The largest absolute Gasteiger partial charge is 0.382 e. The van der Waals surface area contributed by atoms with E-state index in [4.69, 9.17) is 9.47 Å². The fraction of sp³-hybridized carbons (Fsp3) is 0.467. The van der Waals surface area contributed by atoms with Gasteiger partial charge in [-0.15, -0.1) is 0 Å². The van der Waals surface area contributed by atoms with Crippen LogP contribution in [0.5, 0.6) is 0 Å². The van der Waals surface area contributed by atoms with Crippen molar-refractivity contribution in [3.63, 3.8) is 0 Å². The molecule has 0 heterocycles. The van der Waals surface area contributed by atoms with Crippen LogP contribution in [0.1, 0.15) is 23.7 Å². The van der Waals surface area contributed by atoms with Crippen molar-refractivity contribution in [2.45, 2.75) is 13.3 Å². The van der Waals surface area contributed by atoms with E-state index in [0.29, 0.717) is 37.6 Å². The maximum atomic E-state index is 11.9. The summed E-state index contributed by atoms with van der Waals surface area (Å²) in [6.45, 7) is 3.67. The van der Waals surface area contributed by atoms with E-state index in [-0.39, 0.29) is 11.8 Å². The van der Waals surface area contributed by atoms with Gasteiger partial charge in [-0.05, 0) is 24.6 Å². The first kappa shape index (κ1) is 17.1. The van der Waals surface area contributed by atoms with Crippen LogP contribution in [-0.4, -0.2) is 45.3 Å². The standard InChI is InChI=1S/C15H22N2O4/c1-12(18)17-14-6-3-5-13(11-14)15(19)16-7-4-8-21-10-9-20-2/h3,5-6,11H,4,7-10H2,1-2H3,(H,16,19)(H,17,18). The summed E-state index contributed by atoms with van der Waals surface area (Å²) in [6, 6.07) is 6.82. The number of carbonyl (C=O) groups excluding carboxylic acids is 2. The highest BCUT2D eigenvalue weighted by atomic mass is 16.5. The van der Waals surface area contributed by atoms with Crippen LogP contribution in [0.2, 0.25) is 0 Å². The number of rotatable bonds is 9. The number of anilines is 1. The van der Waals surface area contributed by atoms with E-state index in [1.165, 1.54) is 6.92 Å². The molecule has 0 aliphatic rings. The minimum atomic E-state index is -0.168. The zero-order chi connectivity index (χ0) is 15.5. The van der Waals surface area contributed by atoms with E-state index < -0.39 is 0 Å². The lowest BCUT2D eigenvalue weighted by molar-refractivity contribution is -0.114. The maximum Gasteiger partial charge on any atom is 0.251 e. The molecule has 0 aromatic heterocycles. The number of methoxy groups -OCH3 is 1. The van der Waals surface area contributed by atoms with Gasteiger partial charge in [-0.25, -0.2) is 0 Å². The molecule has 2 N–H and O–H groups in total. The molecule has 0 saturated carbocycles. The summed E-state index contributed by atoms with van der Waals surface area (Å²) in [4.78, 5) is 22.9. The lowest BCUT2D eigenvalue weighted by Gasteiger charge is -2.08. The van der Waals surface area contributed by atoms with Crippen LogP contribution in [0.4, 0.5) is 5.69 Å². The lowest BCUT2D eigenvalue weighted by atomic mass is 10.2. The van der Waals surface area contributed by atoms with Gasteiger partial charge in [-0.3, -0.25) is 9.59 Å². The third-order valence-corrected chi connectivity index (χ3v) is 2.63. The Kier molecular flexibility index (Phi) is 8.08. The van der Waals surface area contributed by atoms with Crippen molar-refractivity contribution in [3.05, 3.63) is 29.8 Å². The highest BCUT2D eigenvalue weighted by Gasteiger charge is 2.06. The molecule has 0 aliphatic heterocycles. The first-order valence-corrected chi connectivity index (χ1v) is 6.86. The molecule has 0 atom stereocenters. The van der Waals surface area contributed by atoms with E-state index in [1.807, 2.05) is 0 Å². The number of benzene rings is 1. The van der Waals surface area contributed by atoms with Gasteiger partial charge < -0.3 is 20.1 Å². The van der Waals surface area contributed by atoms with Crippen LogP contribution >= 0.6 is 0 Å². The molecule has 0 bridgehead atoms. The molecule has 0 unspecified atom stereocenters. The molecule has 6 heteroatoms. The fourth-order valence-corrected chi connectivity index (χ4v) is 1.66. The second-order valence-corrected chi connectivity index (χ2v) is 4.48. The summed E-state index contributed by atoms with van der Waals surface area (Å²) < 4.78 is 10.2. The molecule has 116 valence electrons. The van der Waals surface area contributed by atoms with Crippen LogP contribution in [0.15, 0.2) is 24.3 Å². The molecule has 0 fully saturated rings. The zero-order valence-corrected chi connectivity index (χ0v) is 12.5. The number of ether oxygens (including phenoxy) is 2. The summed E-state index contributed by atoms with van der Waals surface area (Å²) in [6.07, 6.45) is 0.737. The van der Waals surface area contributed by atoms with Crippen LogP contribution in [0.25, 0.3) is 0 Å². The maximum absolute atomic E-state index is 11.9. The lowest BCUT2D eigenvalue weighted by Crippen LogP contribution is -2.25. The molecule has 21 heavy (non-hydrogen) atoms. The van der Waals surface area contributed by atoms with Crippen molar-refractivity contribution in [1.82, 2.24) is 5.32 Å². The van der Waals surface area contributed by atoms with E-state index in [9.17, 15) is 9.59 Å². The second-order valence-electron chi connectivity index (χ2n) is 4.48. The Morgan fingerprint density at radius 1 is 1.19 bits per heavy atom. The first-order chi connectivity index (χ1) is 10.1. The average Bonchev–Trinajstić information content (AvgIpc) is 2.45. The van der Waals surface area contributed by atoms with Gasteiger partial charge in [-0.1, -0.05) is 6.07 Å². The molecule has 1 aromatic carbocycles. The van der Waals surface area contributed by atoms with Crippen LogP contribution in [-0.2, 0) is 14.3 Å². The Hall–Kier alpha value is -1.92. The summed E-state index contributed by atoms with van der Waals surface area (Å²) in [5, 5.41) is 5.45. The van der Waals surface area contributed by atoms with Crippen LogP contribution in [0.3, 0.4) is 0 Å². The van der Waals surface area contributed by atoms with Gasteiger partial charge in [0.25, 0.3) is 5.91 Å². The molecule has 0 aliphatic carbocycles. The van der Waals surface area contributed by atoms with Gasteiger partial charge in [0.15, 0.2) is 0 Å². The van der Waals surface area contributed by atoms with E-state index in [0.717, 1.165) is 6.42 Å². The molecular formula is C15H22N2O4. The van der Waals surface area contributed by atoms with Gasteiger partial charge in [0.1, 0.15) is 0 Å². The predicted molar refractivity (Wildman–Crippen MR) is 80.4 cm³/mol. The number of amides is 2. The van der Waals surface area contributed by atoms with Crippen LogP contribution in [0, 0.1) is 0 Å². The third kappa shape index (κ3) is 7.43. The average molecular weight is 294 g/mol. The first-order valence-electron chi connectivity index (χ1n) is 6.86. The molecule has 2 amide bonds. The van der Waals surface area contributed by atoms with Crippen molar-refractivity contribution in [2.24, 2.45) is 0 Å². The summed E-state index contributed by atoms with van der Waals surface area (Å²) in [7, 11) is 1.62. The van der Waals surface area contributed by atoms with E-state index in [1.54, 1.807) is 31.4 Å². The predicted octanol–water partition coefficient (Wildman–Crippen LogP) is 1.43. The van der Waals surface area contributed by atoms with Gasteiger partial charge in [-0.2, -0.15) is 0 Å². The number of hydrogen-bond acceptors (Lipinski definition) is 4. The summed E-state index contributed by atoms with van der Waals surface area (Å²) in [5.74, 6) is -0.333. The number of carbonyl (C=O) groups is 2. The third-order valence-electron chi connectivity index (χ3n) is 2.63. The topological polar surface area (TPSA) is 76.7 Å². The van der Waals surface area contributed by atoms with Gasteiger partial charge in [0.05, 0.1) is 13.2 Å².